The summed E-state index contributed by atoms with van der Waals surface area (Å²) in [4.78, 5) is 0. The van der Waals surface area contributed by atoms with Crippen LogP contribution >= 0.6 is 0 Å². The van der Waals surface area contributed by atoms with Crippen LogP contribution in [0.4, 0.5) is 0 Å². The van der Waals surface area contributed by atoms with Crippen molar-refractivity contribution >= 4 is 5.70 Å². The minimum absolute atomic E-state index is 0.0231. The Kier molecular flexibility index (Phi) is 3.89. The zero-order chi connectivity index (χ0) is 11.3. The van der Waals surface area contributed by atoms with Crippen molar-refractivity contribution in [1.29, 1.82) is 5.26 Å². The molecule has 1 heterocycles. The molecule has 0 saturated carbocycles. The van der Waals surface area contributed by atoms with E-state index in [-0.39, 0.29) is 6.10 Å². The van der Waals surface area contributed by atoms with Crippen molar-refractivity contribution in [2.45, 2.75) is 19.4 Å². The highest BCUT2D eigenvalue weighted by molar-refractivity contribution is 5.68. The summed E-state index contributed by atoms with van der Waals surface area (Å²) in [6, 6.07) is 2.09. The van der Waals surface area contributed by atoms with E-state index in [4.69, 9.17) is 15.7 Å². The molecule has 80 valence electrons. The molecule has 0 aliphatic carbocycles. The van der Waals surface area contributed by atoms with Crippen LogP contribution in [0.15, 0.2) is 18.0 Å². The highest BCUT2D eigenvalue weighted by atomic mass is 16.5. The van der Waals surface area contributed by atoms with Gasteiger partial charge in [-0.25, -0.2) is 0 Å². The molecule has 0 amide bonds. The second kappa shape index (κ2) is 5.17. The first-order chi connectivity index (χ1) is 7.19. The molecule has 0 radical (unpaired) electrons. The van der Waals surface area contributed by atoms with Crippen LogP contribution in [0, 0.1) is 11.3 Å². The monoisotopic (exact) mass is 206 g/mol. The van der Waals surface area contributed by atoms with Gasteiger partial charge < -0.3 is 10.5 Å². The molecule has 1 aromatic rings. The van der Waals surface area contributed by atoms with Crippen LogP contribution in [0.25, 0.3) is 5.70 Å². The van der Waals surface area contributed by atoms with E-state index in [1.165, 1.54) is 0 Å². The number of nitrogens with two attached hydrogens (primary N) is 1. The maximum atomic E-state index is 8.97. The fourth-order valence-electron chi connectivity index (χ4n) is 1.16. The first-order valence-corrected chi connectivity index (χ1v) is 4.59. The van der Waals surface area contributed by atoms with Gasteiger partial charge in [0.25, 0.3) is 0 Å². The summed E-state index contributed by atoms with van der Waals surface area (Å²) in [5.74, 6) is 0. The lowest BCUT2D eigenvalue weighted by atomic mass is 10.1. The van der Waals surface area contributed by atoms with Crippen molar-refractivity contribution in [3.05, 3.63) is 23.5 Å². The van der Waals surface area contributed by atoms with Gasteiger partial charge >= 0.3 is 0 Å². The fourth-order valence-corrected chi connectivity index (χ4v) is 1.16. The minimum atomic E-state index is -0.0231. The number of aromatic amines is 1. The Labute approximate surface area is 88.5 Å². The lowest BCUT2D eigenvalue weighted by Crippen LogP contribution is -2.09. The summed E-state index contributed by atoms with van der Waals surface area (Å²) in [6.45, 7) is 1.89. The lowest BCUT2D eigenvalue weighted by molar-refractivity contribution is 0.119. The smallest absolute Gasteiger partial charge is 0.0970 e. The first-order valence-electron chi connectivity index (χ1n) is 4.59. The van der Waals surface area contributed by atoms with E-state index in [2.05, 4.69) is 16.3 Å². The van der Waals surface area contributed by atoms with E-state index >= 15 is 0 Å². The van der Waals surface area contributed by atoms with E-state index in [9.17, 15) is 0 Å². The Balaban J connectivity index is 2.90. The molecule has 0 saturated heterocycles. The number of rotatable bonds is 4. The summed E-state index contributed by atoms with van der Waals surface area (Å²) in [5, 5.41) is 15.4. The molecule has 0 fully saturated rings. The van der Waals surface area contributed by atoms with Crippen molar-refractivity contribution in [1.82, 2.24) is 10.2 Å². The standard InChI is InChI=1S/C10H14N4O/c1-7(15-2)3-8(4-11)10(12)9-5-13-14-6-9/h5-7H,3,12H2,1-2H3,(H,13,14)/b10-8-. The van der Waals surface area contributed by atoms with Gasteiger partial charge in [-0.2, -0.15) is 10.4 Å². The predicted molar refractivity (Wildman–Crippen MR) is 56.4 cm³/mol. The molecular weight excluding hydrogens is 192 g/mol. The van der Waals surface area contributed by atoms with Crippen LogP contribution < -0.4 is 5.73 Å². The van der Waals surface area contributed by atoms with Crippen molar-refractivity contribution < 1.29 is 4.74 Å². The van der Waals surface area contributed by atoms with Crippen LogP contribution in [-0.4, -0.2) is 23.4 Å². The molecule has 1 rings (SSSR count). The van der Waals surface area contributed by atoms with Gasteiger partial charge in [-0.15, -0.1) is 0 Å². The second-order valence-corrected chi connectivity index (χ2v) is 3.24. The summed E-state index contributed by atoms with van der Waals surface area (Å²) in [7, 11) is 1.60. The maximum Gasteiger partial charge on any atom is 0.0970 e. The summed E-state index contributed by atoms with van der Waals surface area (Å²) in [5.41, 5.74) is 7.54. The highest BCUT2D eigenvalue weighted by Crippen LogP contribution is 2.16. The van der Waals surface area contributed by atoms with Gasteiger partial charge in [-0.3, -0.25) is 5.10 Å². The molecule has 0 spiro atoms. The number of aromatic nitrogens is 2. The third kappa shape index (κ3) is 2.82. The quantitative estimate of drug-likeness (QED) is 0.720. The molecular formula is C10H14N4O. The number of hydrogen-bond donors (Lipinski definition) is 2. The molecule has 15 heavy (non-hydrogen) atoms. The Hall–Kier alpha value is -1.80. The molecule has 5 heteroatoms. The third-order valence-electron chi connectivity index (χ3n) is 2.16. The van der Waals surface area contributed by atoms with Crippen LogP contribution in [0.3, 0.4) is 0 Å². The normalized spacial score (nSPS) is 14.2. The molecule has 0 aromatic carbocycles. The molecule has 0 bridgehead atoms. The number of nitrogens with zero attached hydrogens (tertiary/aromatic N) is 2. The van der Waals surface area contributed by atoms with E-state index in [1.54, 1.807) is 19.5 Å². The molecule has 1 aromatic heterocycles. The Bertz CT molecular complexity index is 375. The van der Waals surface area contributed by atoms with Crippen LogP contribution in [0.2, 0.25) is 0 Å². The SMILES string of the molecule is COC(C)C/C(C#N)=C(/N)c1cn[nH]c1. The van der Waals surface area contributed by atoms with Gasteiger partial charge in [0.2, 0.25) is 0 Å². The van der Waals surface area contributed by atoms with Crippen molar-refractivity contribution in [2.24, 2.45) is 5.73 Å². The van der Waals surface area contributed by atoms with Gasteiger partial charge in [0.1, 0.15) is 0 Å². The van der Waals surface area contributed by atoms with Crippen LogP contribution in [0.5, 0.6) is 0 Å². The van der Waals surface area contributed by atoms with Crippen molar-refractivity contribution in [3.8, 4) is 6.07 Å². The molecule has 1 atom stereocenters. The maximum absolute atomic E-state index is 8.97. The van der Waals surface area contributed by atoms with E-state index in [0.717, 1.165) is 5.56 Å². The number of ether oxygens (including phenoxy) is 1. The second-order valence-electron chi connectivity index (χ2n) is 3.24. The summed E-state index contributed by atoms with van der Waals surface area (Å²) in [6.07, 6.45) is 3.73. The molecule has 5 nitrogen and oxygen atoms in total. The number of nitriles is 1. The highest BCUT2D eigenvalue weighted by Gasteiger charge is 2.10. The van der Waals surface area contributed by atoms with Gasteiger partial charge in [-0.05, 0) is 6.92 Å². The molecule has 0 aliphatic heterocycles. The van der Waals surface area contributed by atoms with Gasteiger partial charge in [-0.1, -0.05) is 0 Å². The lowest BCUT2D eigenvalue weighted by Gasteiger charge is -2.09. The Morgan fingerprint density at radius 1 is 1.80 bits per heavy atom. The topological polar surface area (TPSA) is 87.7 Å². The molecule has 0 aliphatic rings. The summed E-state index contributed by atoms with van der Waals surface area (Å²) >= 11 is 0. The number of nitrogens with one attached hydrogen (secondary N) is 1. The van der Waals surface area contributed by atoms with Crippen molar-refractivity contribution in [3.63, 3.8) is 0 Å². The zero-order valence-electron chi connectivity index (χ0n) is 8.82. The molecule has 3 N–H and O–H groups in total. The number of hydrogen-bond acceptors (Lipinski definition) is 4. The minimum Gasteiger partial charge on any atom is -0.397 e. The van der Waals surface area contributed by atoms with Gasteiger partial charge in [0.05, 0.1) is 29.6 Å². The largest absolute Gasteiger partial charge is 0.397 e. The van der Waals surface area contributed by atoms with Gasteiger partial charge in [0.15, 0.2) is 0 Å². The van der Waals surface area contributed by atoms with E-state index < -0.39 is 0 Å². The third-order valence-corrected chi connectivity index (χ3v) is 2.16. The fraction of sp³-hybridized carbons (Fsp3) is 0.400. The average Bonchev–Trinajstić information content (AvgIpc) is 2.77. The average molecular weight is 206 g/mol. The Morgan fingerprint density at radius 3 is 3.00 bits per heavy atom. The van der Waals surface area contributed by atoms with E-state index in [0.29, 0.717) is 17.7 Å². The van der Waals surface area contributed by atoms with Crippen LogP contribution in [0.1, 0.15) is 18.9 Å². The summed E-state index contributed by atoms with van der Waals surface area (Å²) < 4.78 is 5.09. The molecule has 1 unspecified atom stereocenters. The number of methoxy groups -OCH3 is 1. The van der Waals surface area contributed by atoms with Gasteiger partial charge in [0, 0.05) is 25.3 Å². The number of H-pyrrole nitrogens is 1. The Morgan fingerprint density at radius 2 is 2.53 bits per heavy atom. The van der Waals surface area contributed by atoms with Crippen LogP contribution in [-0.2, 0) is 4.74 Å². The van der Waals surface area contributed by atoms with E-state index in [1.807, 2.05) is 6.92 Å². The zero-order valence-corrected chi connectivity index (χ0v) is 8.82. The van der Waals surface area contributed by atoms with Crippen molar-refractivity contribution in [2.75, 3.05) is 7.11 Å². The first kappa shape index (κ1) is 11.3. The predicted octanol–water partition coefficient (Wildman–Crippen LogP) is 1.03.